The Morgan fingerprint density at radius 3 is 2.92 bits per heavy atom. The summed E-state index contributed by atoms with van der Waals surface area (Å²) in [5.74, 6) is 0.744. The van der Waals surface area contributed by atoms with Crippen LogP contribution >= 0.6 is 0 Å². The molecule has 2 heterocycles. The van der Waals surface area contributed by atoms with E-state index in [9.17, 15) is 5.26 Å². The Bertz CT molecular complexity index is 909. The van der Waals surface area contributed by atoms with E-state index in [-0.39, 0.29) is 0 Å². The van der Waals surface area contributed by atoms with Gasteiger partial charge < -0.3 is 15.5 Å². The van der Waals surface area contributed by atoms with Crippen LogP contribution in [0, 0.1) is 11.3 Å². The Kier molecular flexibility index (Phi) is 4.24. The second-order valence-corrected chi connectivity index (χ2v) is 6.09. The lowest BCUT2D eigenvalue weighted by Gasteiger charge is -2.22. The minimum atomic E-state index is -0.707. The van der Waals surface area contributed by atoms with Gasteiger partial charge in [-0.25, -0.2) is 0 Å². The molecule has 0 aliphatic carbocycles. The van der Waals surface area contributed by atoms with E-state index >= 15 is 0 Å². The van der Waals surface area contributed by atoms with E-state index in [2.05, 4.69) is 22.1 Å². The lowest BCUT2D eigenvalue weighted by atomic mass is 9.78. The summed E-state index contributed by atoms with van der Waals surface area (Å²) in [6, 6.07) is 10.3. The molecule has 0 amide bonds. The first-order valence-corrected chi connectivity index (χ1v) is 7.80. The molecule has 2 aromatic heterocycles. The van der Waals surface area contributed by atoms with Crippen LogP contribution in [0.5, 0.6) is 5.75 Å². The minimum absolute atomic E-state index is 0.472. The van der Waals surface area contributed by atoms with Crippen molar-refractivity contribution in [2.24, 2.45) is 5.73 Å². The zero-order valence-corrected chi connectivity index (χ0v) is 13.8. The summed E-state index contributed by atoms with van der Waals surface area (Å²) in [6.45, 7) is 2.41. The van der Waals surface area contributed by atoms with Crippen LogP contribution in [0.1, 0.15) is 23.6 Å². The maximum absolute atomic E-state index is 9.92. The highest BCUT2D eigenvalue weighted by Crippen LogP contribution is 2.35. The van der Waals surface area contributed by atoms with E-state index in [1.54, 1.807) is 19.5 Å². The molecule has 3 N–H and O–H groups in total. The molecule has 0 radical (unpaired) electrons. The summed E-state index contributed by atoms with van der Waals surface area (Å²) in [7, 11) is 1.63. The van der Waals surface area contributed by atoms with E-state index in [0.717, 1.165) is 33.3 Å². The van der Waals surface area contributed by atoms with Crippen molar-refractivity contribution in [1.29, 1.82) is 5.26 Å². The molecule has 0 saturated heterocycles. The SMILES string of the molecule is COc1ccncc1CC(C)(C#N)c1c[nH]c2ccc(CN)cc12. The molecule has 122 valence electrons. The maximum atomic E-state index is 9.92. The molecule has 5 nitrogen and oxygen atoms in total. The van der Waals surface area contributed by atoms with Gasteiger partial charge >= 0.3 is 0 Å². The molecule has 0 saturated carbocycles. The summed E-state index contributed by atoms with van der Waals surface area (Å²) >= 11 is 0. The Morgan fingerprint density at radius 2 is 2.21 bits per heavy atom. The number of aromatic amines is 1. The van der Waals surface area contributed by atoms with Crippen molar-refractivity contribution in [3.63, 3.8) is 0 Å². The second kappa shape index (κ2) is 6.34. The molecule has 1 atom stereocenters. The van der Waals surface area contributed by atoms with E-state index in [1.807, 2.05) is 31.3 Å². The smallest absolute Gasteiger partial charge is 0.125 e. The van der Waals surface area contributed by atoms with E-state index < -0.39 is 5.41 Å². The number of H-pyrrole nitrogens is 1. The number of nitrogens with one attached hydrogen (secondary N) is 1. The molecule has 0 aliphatic heterocycles. The van der Waals surface area contributed by atoms with Gasteiger partial charge in [-0.15, -0.1) is 0 Å². The van der Waals surface area contributed by atoms with Crippen molar-refractivity contribution < 1.29 is 4.74 Å². The van der Waals surface area contributed by atoms with Gasteiger partial charge in [0, 0.05) is 48.0 Å². The molecule has 0 spiro atoms. The number of rotatable bonds is 5. The van der Waals surface area contributed by atoms with Crippen LogP contribution in [0.4, 0.5) is 0 Å². The third-order valence-corrected chi connectivity index (χ3v) is 4.45. The Morgan fingerprint density at radius 1 is 1.38 bits per heavy atom. The Labute approximate surface area is 141 Å². The first kappa shape index (κ1) is 16.0. The summed E-state index contributed by atoms with van der Waals surface area (Å²) < 4.78 is 5.40. The number of ether oxygens (including phenoxy) is 1. The number of aromatic nitrogens is 2. The first-order chi connectivity index (χ1) is 11.6. The van der Waals surface area contributed by atoms with Gasteiger partial charge in [-0.1, -0.05) is 6.07 Å². The molecule has 0 fully saturated rings. The van der Waals surface area contributed by atoms with Gasteiger partial charge in [0.25, 0.3) is 0 Å². The third kappa shape index (κ3) is 2.72. The van der Waals surface area contributed by atoms with Crippen LogP contribution in [0.3, 0.4) is 0 Å². The molecular weight excluding hydrogens is 300 g/mol. The van der Waals surface area contributed by atoms with Gasteiger partial charge in [-0.05, 0) is 36.2 Å². The minimum Gasteiger partial charge on any atom is -0.496 e. The fourth-order valence-corrected chi connectivity index (χ4v) is 3.07. The maximum Gasteiger partial charge on any atom is 0.125 e. The van der Waals surface area contributed by atoms with Crippen LogP contribution in [0.25, 0.3) is 10.9 Å². The van der Waals surface area contributed by atoms with Crippen LogP contribution < -0.4 is 10.5 Å². The van der Waals surface area contributed by atoms with Crippen molar-refractivity contribution in [3.8, 4) is 11.8 Å². The average molecular weight is 320 g/mol. The van der Waals surface area contributed by atoms with Crippen LogP contribution in [-0.4, -0.2) is 17.1 Å². The Hall–Kier alpha value is -2.84. The summed E-state index contributed by atoms with van der Waals surface area (Å²) in [4.78, 5) is 7.42. The predicted molar refractivity (Wildman–Crippen MR) is 93.6 cm³/mol. The quantitative estimate of drug-likeness (QED) is 0.756. The fraction of sp³-hybridized carbons (Fsp3) is 0.263. The van der Waals surface area contributed by atoms with Gasteiger partial charge in [0.15, 0.2) is 0 Å². The number of hydrogen-bond acceptors (Lipinski definition) is 4. The molecular formula is C19H20N4O. The molecule has 1 aromatic carbocycles. The van der Waals surface area contributed by atoms with Crippen LogP contribution in [0.2, 0.25) is 0 Å². The molecule has 0 aliphatic rings. The molecule has 3 aromatic rings. The van der Waals surface area contributed by atoms with Crippen LogP contribution in [-0.2, 0) is 18.4 Å². The number of nitrogens with two attached hydrogens (primary N) is 1. The normalized spacial score (nSPS) is 13.4. The lowest BCUT2D eigenvalue weighted by Crippen LogP contribution is -2.23. The molecule has 5 heteroatoms. The Balaban J connectivity index is 2.09. The molecule has 24 heavy (non-hydrogen) atoms. The van der Waals surface area contributed by atoms with Crippen molar-refractivity contribution in [1.82, 2.24) is 9.97 Å². The van der Waals surface area contributed by atoms with Crippen LogP contribution in [0.15, 0.2) is 42.9 Å². The zero-order chi connectivity index (χ0) is 17.2. The van der Waals surface area contributed by atoms with Gasteiger partial charge in [0.1, 0.15) is 5.75 Å². The highest BCUT2D eigenvalue weighted by Gasteiger charge is 2.31. The first-order valence-electron chi connectivity index (χ1n) is 7.80. The van der Waals surface area contributed by atoms with E-state index in [0.29, 0.717) is 13.0 Å². The number of hydrogen-bond donors (Lipinski definition) is 2. The highest BCUT2D eigenvalue weighted by atomic mass is 16.5. The molecule has 1 unspecified atom stereocenters. The van der Waals surface area contributed by atoms with Crippen molar-refractivity contribution in [3.05, 3.63) is 59.5 Å². The van der Waals surface area contributed by atoms with Gasteiger partial charge in [0.05, 0.1) is 18.6 Å². The predicted octanol–water partition coefficient (Wildman–Crippen LogP) is 3.05. The largest absolute Gasteiger partial charge is 0.496 e. The second-order valence-electron chi connectivity index (χ2n) is 6.09. The number of fused-ring (bicyclic) bond motifs is 1. The summed E-state index contributed by atoms with van der Waals surface area (Å²) in [5.41, 5.74) is 8.97. The monoisotopic (exact) mass is 320 g/mol. The number of methoxy groups -OCH3 is 1. The lowest BCUT2D eigenvalue weighted by molar-refractivity contribution is 0.405. The summed E-state index contributed by atoms with van der Waals surface area (Å²) in [5, 5.41) is 11.0. The van der Waals surface area contributed by atoms with Gasteiger partial charge in [0.2, 0.25) is 0 Å². The third-order valence-electron chi connectivity index (χ3n) is 4.45. The highest BCUT2D eigenvalue weighted by molar-refractivity contribution is 5.85. The zero-order valence-electron chi connectivity index (χ0n) is 13.8. The average Bonchev–Trinajstić information content (AvgIpc) is 3.05. The van der Waals surface area contributed by atoms with Gasteiger partial charge in [-0.2, -0.15) is 5.26 Å². The standard InChI is InChI=1S/C19H20N4O/c1-19(12-21,8-14-10-22-6-5-18(14)24-2)16-11-23-17-4-3-13(9-20)7-15(16)17/h3-7,10-11,23H,8-9,20H2,1-2H3. The topological polar surface area (TPSA) is 87.7 Å². The number of benzene rings is 1. The summed E-state index contributed by atoms with van der Waals surface area (Å²) in [6.07, 6.45) is 5.87. The van der Waals surface area contributed by atoms with Crippen molar-refractivity contribution in [2.45, 2.75) is 25.3 Å². The van der Waals surface area contributed by atoms with E-state index in [4.69, 9.17) is 10.5 Å². The number of pyridine rings is 1. The molecule has 0 bridgehead atoms. The van der Waals surface area contributed by atoms with Gasteiger partial charge in [-0.3, -0.25) is 4.98 Å². The fourth-order valence-electron chi connectivity index (χ4n) is 3.07. The van der Waals surface area contributed by atoms with E-state index in [1.165, 1.54) is 0 Å². The number of nitriles is 1. The molecule has 3 rings (SSSR count). The van der Waals surface area contributed by atoms with Crippen molar-refractivity contribution >= 4 is 10.9 Å². The number of nitrogens with zero attached hydrogens (tertiary/aromatic N) is 2. The van der Waals surface area contributed by atoms with Crippen molar-refractivity contribution in [2.75, 3.05) is 7.11 Å².